The van der Waals surface area contributed by atoms with E-state index in [2.05, 4.69) is 16.0 Å². The second-order valence-electron chi connectivity index (χ2n) is 12.0. The van der Waals surface area contributed by atoms with E-state index in [1.54, 1.807) is 13.1 Å². The zero-order chi connectivity index (χ0) is 33.1. The fourth-order valence-electron chi connectivity index (χ4n) is 6.24. The van der Waals surface area contributed by atoms with Gasteiger partial charge in [0, 0.05) is 50.9 Å². The number of amides is 5. The Labute approximate surface area is 268 Å². The van der Waals surface area contributed by atoms with Gasteiger partial charge in [0.15, 0.2) is 0 Å². The topological polar surface area (TPSA) is 120 Å². The number of benzene rings is 3. The van der Waals surface area contributed by atoms with Crippen molar-refractivity contribution < 1.29 is 28.3 Å². The van der Waals surface area contributed by atoms with Crippen LogP contribution in [0.5, 0.6) is 5.75 Å². The van der Waals surface area contributed by atoms with Crippen molar-refractivity contribution in [1.29, 1.82) is 0 Å². The molecular weight excluding hydrogens is 589 g/mol. The first kappa shape index (κ1) is 32.6. The number of carbonyl (C=O) groups is 4. The highest BCUT2D eigenvalue weighted by Gasteiger charge is 2.39. The predicted molar refractivity (Wildman–Crippen MR) is 174 cm³/mol. The van der Waals surface area contributed by atoms with E-state index in [-0.39, 0.29) is 24.3 Å². The van der Waals surface area contributed by atoms with Crippen molar-refractivity contribution in [2.45, 2.75) is 45.7 Å². The molecule has 0 aromatic heterocycles. The smallest absolute Gasteiger partial charge is 0.326 e. The molecule has 5 amide bonds. The van der Waals surface area contributed by atoms with E-state index in [0.29, 0.717) is 42.1 Å². The number of urea groups is 1. The lowest BCUT2D eigenvalue weighted by Gasteiger charge is -2.33. The third-order valence-electron chi connectivity index (χ3n) is 8.97. The monoisotopic (exact) mass is 629 g/mol. The van der Waals surface area contributed by atoms with Gasteiger partial charge in [-0.25, -0.2) is 9.18 Å². The molecule has 0 aliphatic carbocycles. The quantitative estimate of drug-likeness (QED) is 0.222. The summed E-state index contributed by atoms with van der Waals surface area (Å²) in [6.07, 6.45) is 2.15. The first-order valence-electron chi connectivity index (χ1n) is 15.4. The summed E-state index contributed by atoms with van der Waals surface area (Å²) in [7, 11) is 4.45. The maximum absolute atomic E-state index is 15.5. The first-order valence-corrected chi connectivity index (χ1v) is 15.4. The molecule has 0 radical (unpaired) electrons. The van der Waals surface area contributed by atoms with Gasteiger partial charge in [0.25, 0.3) is 0 Å². The van der Waals surface area contributed by atoms with E-state index < -0.39 is 23.8 Å². The van der Waals surface area contributed by atoms with Gasteiger partial charge in [-0.15, -0.1) is 0 Å². The summed E-state index contributed by atoms with van der Waals surface area (Å²) in [6, 6.07) is 14.5. The van der Waals surface area contributed by atoms with Crippen molar-refractivity contribution in [3.05, 3.63) is 71.0 Å². The van der Waals surface area contributed by atoms with E-state index in [0.717, 1.165) is 45.6 Å². The predicted octanol–water partition coefficient (Wildman–Crippen LogP) is 4.62. The Morgan fingerprint density at radius 1 is 1.02 bits per heavy atom. The maximum Gasteiger partial charge on any atom is 0.326 e. The van der Waals surface area contributed by atoms with Crippen LogP contribution in [0, 0.1) is 25.6 Å². The van der Waals surface area contributed by atoms with Gasteiger partial charge in [0.05, 0.1) is 7.11 Å². The Morgan fingerprint density at radius 3 is 2.41 bits per heavy atom. The van der Waals surface area contributed by atoms with E-state index in [4.69, 9.17) is 4.74 Å². The number of hydrogen-bond acceptors (Lipinski definition) is 6. The highest BCUT2D eigenvalue weighted by Crippen LogP contribution is 2.38. The second-order valence-corrected chi connectivity index (χ2v) is 12.0. The number of halogens is 1. The molecule has 2 saturated heterocycles. The fraction of sp³-hybridized carbons (Fsp3) is 0.371. The van der Waals surface area contributed by atoms with Gasteiger partial charge in [0.2, 0.25) is 17.7 Å². The lowest BCUT2D eigenvalue weighted by atomic mass is 9.90. The molecule has 2 atom stereocenters. The molecule has 10 nitrogen and oxygen atoms in total. The maximum atomic E-state index is 15.5. The summed E-state index contributed by atoms with van der Waals surface area (Å²) >= 11 is 0. The Balaban J connectivity index is 1.36. The van der Waals surface area contributed by atoms with Crippen LogP contribution in [0.2, 0.25) is 0 Å². The minimum Gasteiger partial charge on any atom is -0.496 e. The molecule has 3 aromatic rings. The molecule has 2 fully saturated rings. The molecule has 5 rings (SSSR count). The lowest BCUT2D eigenvalue weighted by Crippen LogP contribution is -2.56. The molecular formula is C35H40FN5O5. The van der Waals surface area contributed by atoms with Gasteiger partial charge in [0.1, 0.15) is 17.5 Å². The van der Waals surface area contributed by atoms with Gasteiger partial charge in [-0.3, -0.25) is 19.3 Å². The molecule has 0 spiro atoms. The van der Waals surface area contributed by atoms with Crippen molar-refractivity contribution >= 4 is 29.4 Å². The first-order chi connectivity index (χ1) is 22.0. The highest BCUT2D eigenvalue weighted by atomic mass is 19.1. The van der Waals surface area contributed by atoms with Crippen LogP contribution in [0.25, 0.3) is 22.3 Å². The van der Waals surface area contributed by atoms with Crippen LogP contribution in [0.15, 0.2) is 48.5 Å². The largest absolute Gasteiger partial charge is 0.496 e. The number of nitrogens with zero attached hydrogens (tertiary/aromatic N) is 2. The van der Waals surface area contributed by atoms with Crippen LogP contribution < -0.4 is 20.7 Å². The third-order valence-corrected chi connectivity index (χ3v) is 8.97. The van der Waals surface area contributed by atoms with Crippen molar-refractivity contribution in [2.75, 3.05) is 39.6 Å². The molecule has 0 bridgehead atoms. The van der Waals surface area contributed by atoms with Gasteiger partial charge >= 0.3 is 6.03 Å². The summed E-state index contributed by atoms with van der Waals surface area (Å²) in [4.78, 5) is 51.7. The molecule has 46 heavy (non-hydrogen) atoms. The number of methoxy groups -OCH3 is 1. The number of carbonyl (C=O) groups excluding carboxylic acids is 4. The number of ether oxygens (including phenoxy) is 1. The number of imide groups is 1. The van der Waals surface area contributed by atoms with Crippen LogP contribution in [-0.4, -0.2) is 73.9 Å². The average Bonchev–Trinajstić information content (AvgIpc) is 3.46. The van der Waals surface area contributed by atoms with Crippen LogP contribution in [0.3, 0.4) is 0 Å². The van der Waals surface area contributed by atoms with E-state index in [1.165, 1.54) is 25.1 Å². The highest BCUT2D eigenvalue weighted by molar-refractivity contribution is 6.12. The minimum atomic E-state index is -1.01. The van der Waals surface area contributed by atoms with Crippen molar-refractivity contribution in [1.82, 2.24) is 20.4 Å². The van der Waals surface area contributed by atoms with Crippen molar-refractivity contribution in [3.63, 3.8) is 0 Å². The Kier molecular flexibility index (Phi) is 9.71. The summed E-state index contributed by atoms with van der Waals surface area (Å²) in [5, 5.41) is 9.12. The SMILES string of the molecule is COc1cc(-c2cccc(-c3cccc(NC(=O)C4CN(C)C(=O)N(C)C4=O)c3C)c2C)cc(F)c1CNCC[C@@H]1CCC(=O)N1. The van der Waals surface area contributed by atoms with E-state index >= 15 is 4.39 Å². The van der Waals surface area contributed by atoms with Gasteiger partial charge in [-0.2, -0.15) is 0 Å². The van der Waals surface area contributed by atoms with E-state index in [9.17, 15) is 19.2 Å². The Bertz CT molecular complexity index is 1690. The van der Waals surface area contributed by atoms with Crippen molar-refractivity contribution in [3.8, 4) is 28.0 Å². The molecule has 242 valence electrons. The minimum absolute atomic E-state index is 0.00269. The van der Waals surface area contributed by atoms with Gasteiger partial charge in [-0.05, 0) is 84.8 Å². The number of rotatable bonds is 10. The van der Waals surface area contributed by atoms with Crippen LogP contribution in [0.4, 0.5) is 14.9 Å². The standard InChI is InChI=1S/C35H40FN5O5/c1-20-24(22-16-29(36)27(31(17-22)46-5)18-37-15-14-23-12-13-32(42)38-23)8-6-9-25(20)26-10-7-11-30(21(26)2)39-33(43)28-19-40(3)35(45)41(4)34(28)44/h6-11,16-17,23,28,37H,12-15,18-19H2,1-5H3,(H,38,42)(H,39,43)/t23-,28?/m0/s1. The molecule has 11 heteroatoms. The fourth-order valence-corrected chi connectivity index (χ4v) is 6.24. The number of hydrogen-bond donors (Lipinski definition) is 3. The second kappa shape index (κ2) is 13.7. The molecule has 3 N–H and O–H groups in total. The summed E-state index contributed by atoms with van der Waals surface area (Å²) < 4.78 is 21.2. The van der Waals surface area contributed by atoms with Crippen molar-refractivity contribution in [2.24, 2.45) is 5.92 Å². The van der Waals surface area contributed by atoms with Crippen LogP contribution in [-0.2, 0) is 20.9 Å². The molecule has 2 heterocycles. The Hall–Kier alpha value is -4.77. The van der Waals surface area contributed by atoms with E-state index in [1.807, 2.05) is 50.2 Å². The molecule has 3 aromatic carbocycles. The normalized spacial score (nSPS) is 18.2. The lowest BCUT2D eigenvalue weighted by molar-refractivity contribution is -0.140. The van der Waals surface area contributed by atoms with Gasteiger partial charge < -0.3 is 25.6 Å². The third kappa shape index (κ3) is 6.60. The molecule has 0 saturated carbocycles. The van der Waals surface area contributed by atoms with Gasteiger partial charge in [-0.1, -0.05) is 30.3 Å². The van der Waals surface area contributed by atoms with Crippen LogP contribution in [0.1, 0.15) is 36.0 Å². The zero-order valence-corrected chi connectivity index (χ0v) is 26.8. The number of nitrogens with one attached hydrogen (secondary N) is 3. The summed E-state index contributed by atoms with van der Waals surface area (Å²) in [5.41, 5.74) is 6.02. The molecule has 2 aliphatic rings. The average molecular weight is 630 g/mol. The zero-order valence-electron chi connectivity index (χ0n) is 26.8. The Morgan fingerprint density at radius 2 is 1.72 bits per heavy atom. The summed E-state index contributed by atoms with van der Waals surface area (Å²) in [5.74, 6) is -1.89. The summed E-state index contributed by atoms with van der Waals surface area (Å²) in [6.45, 7) is 4.80. The number of anilines is 1. The van der Waals surface area contributed by atoms with Crippen LogP contribution >= 0.6 is 0 Å². The molecule has 2 aliphatic heterocycles. The molecule has 1 unspecified atom stereocenters.